The van der Waals surface area contributed by atoms with E-state index in [2.05, 4.69) is 17.4 Å². The van der Waals surface area contributed by atoms with Crippen molar-refractivity contribution < 1.29 is 9.84 Å². The molecule has 0 saturated carbocycles. The Morgan fingerprint density at radius 1 is 1.12 bits per heavy atom. The van der Waals surface area contributed by atoms with Crippen molar-refractivity contribution >= 4 is 0 Å². The van der Waals surface area contributed by atoms with Gasteiger partial charge < -0.3 is 15.2 Å². The van der Waals surface area contributed by atoms with Crippen molar-refractivity contribution in [2.45, 2.75) is 32.7 Å². The van der Waals surface area contributed by atoms with E-state index in [9.17, 15) is 0 Å². The number of aliphatic hydroxyl groups excluding tert-OH is 1. The SMILES string of the molecule is CCOc1ccc(CNCCCCCO)cc1. The first-order valence-corrected chi connectivity index (χ1v) is 6.40. The summed E-state index contributed by atoms with van der Waals surface area (Å²) in [6, 6.07) is 8.19. The number of hydrogen-bond donors (Lipinski definition) is 2. The molecule has 0 radical (unpaired) electrons. The highest BCUT2D eigenvalue weighted by atomic mass is 16.5. The van der Waals surface area contributed by atoms with E-state index in [-0.39, 0.29) is 0 Å². The predicted octanol–water partition coefficient (Wildman–Crippen LogP) is 2.34. The Hall–Kier alpha value is -1.06. The number of unbranched alkanes of at least 4 members (excludes halogenated alkanes) is 2. The smallest absolute Gasteiger partial charge is 0.119 e. The summed E-state index contributed by atoms with van der Waals surface area (Å²) in [6.07, 6.45) is 3.12. The van der Waals surface area contributed by atoms with Gasteiger partial charge in [0.2, 0.25) is 0 Å². The van der Waals surface area contributed by atoms with E-state index in [1.807, 2.05) is 19.1 Å². The first-order valence-electron chi connectivity index (χ1n) is 6.40. The maximum Gasteiger partial charge on any atom is 0.119 e. The molecule has 0 aromatic heterocycles. The summed E-state index contributed by atoms with van der Waals surface area (Å²) in [5.74, 6) is 0.930. The molecule has 0 fully saturated rings. The molecule has 0 aliphatic carbocycles. The molecule has 0 amide bonds. The summed E-state index contributed by atoms with van der Waals surface area (Å²) in [6.45, 7) is 4.90. The minimum absolute atomic E-state index is 0.304. The number of aliphatic hydroxyl groups is 1. The lowest BCUT2D eigenvalue weighted by Gasteiger charge is -2.06. The highest BCUT2D eigenvalue weighted by Crippen LogP contribution is 2.11. The van der Waals surface area contributed by atoms with Crippen LogP contribution in [0, 0.1) is 0 Å². The van der Waals surface area contributed by atoms with E-state index in [4.69, 9.17) is 9.84 Å². The van der Waals surface area contributed by atoms with Crippen molar-refractivity contribution in [1.29, 1.82) is 0 Å². The van der Waals surface area contributed by atoms with Crippen LogP contribution in [0.25, 0.3) is 0 Å². The lowest BCUT2D eigenvalue weighted by Crippen LogP contribution is -2.14. The van der Waals surface area contributed by atoms with Gasteiger partial charge in [-0.25, -0.2) is 0 Å². The zero-order chi connectivity index (χ0) is 12.3. The van der Waals surface area contributed by atoms with Gasteiger partial charge in [0.15, 0.2) is 0 Å². The fourth-order valence-electron chi connectivity index (χ4n) is 1.64. The minimum atomic E-state index is 0.304. The maximum atomic E-state index is 8.64. The first-order chi connectivity index (χ1) is 8.36. The van der Waals surface area contributed by atoms with Crippen LogP contribution < -0.4 is 10.1 Å². The van der Waals surface area contributed by atoms with E-state index in [0.29, 0.717) is 13.2 Å². The molecular weight excluding hydrogens is 214 g/mol. The Bertz CT molecular complexity index is 285. The molecule has 17 heavy (non-hydrogen) atoms. The number of rotatable bonds is 9. The average molecular weight is 237 g/mol. The Morgan fingerprint density at radius 3 is 2.53 bits per heavy atom. The molecule has 1 rings (SSSR count). The van der Waals surface area contributed by atoms with Gasteiger partial charge in [0, 0.05) is 13.2 Å². The van der Waals surface area contributed by atoms with E-state index < -0.39 is 0 Å². The van der Waals surface area contributed by atoms with Crippen LogP contribution in [0.4, 0.5) is 0 Å². The van der Waals surface area contributed by atoms with Gasteiger partial charge in [-0.2, -0.15) is 0 Å². The molecule has 3 heteroatoms. The summed E-state index contributed by atoms with van der Waals surface area (Å²) in [5, 5.41) is 12.0. The molecule has 1 aromatic carbocycles. The lowest BCUT2D eigenvalue weighted by atomic mass is 10.2. The normalized spacial score (nSPS) is 10.5. The van der Waals surface area contributed by atoms with Crippen LogP contribution >= 0.6 is 0 Å². The molecule has 0 unspecified atom stereocenters. The van der Waals surface area contributed by atoms with Gasteiger partial charge in [-0.15, -0.1) is 0 Å². The summed E-state index contributed by atoms with van der Waals surface area (Å²) >= 11 is 0. The van der Waals surface area contributed by atoms with Crippen molar-refractivity contribution in [2.24, 2.45) is 0 Å². The molecule has 3 nitrogen and oxygen atoms in total. The molecule has 0 aliphatic rings. The van der Waals surface area contributed by atoms with E-state index in [1.165, 1.54) is 5.56 Å². The van der Waals surface area contributed by atoms with Gasteiger partial charge in [-0.1, -0.05) is 12.1 Å². The third-order valence-electron chi connectivity index (χ3n) is 2.58. The molecule has 0 heterocycles. The van der Waals surface area contributed by atoms with Crippen LogP contribution in [-0.2, 0) is 6.54 Å². The van der Waals surface area contributed by atoms with Gasteiger partial charge in [0.25, 0.3) is 0 Å². The highest BCUT2D eigenvalue weighted by Gasteiger charge is 1.95. The monoisotopic (exact) mass is 237 g/mol. The minimum Gasteiger partial charge on any atom is -0.494 e. The fraction of sp³-hybridized carbons (Fsp3) is 0.571. The third-order valence-corrected chi connectivity index (χ3v) is 2.58. The molecule has 2 N–H and O–H groups in total. The topological polar surface area (TPSA) is 41.5 Å². The zero-order valence-electron chi connectivity index (χ0n) is 10.6. The molecule has 96 valence electrons. The molecule has 0 aliphatic heterocycles. The number of hydrogen-bond acceptors (Lipinski definition) is 3. The largest absolute Gasteiger partial charge is 0.494 e. The van der Waals surface area contributed by atoms with Crippen molar-refractivity contribution in [2.75, 3.05) is 19.8 Å². The average Bonchev–Trinajstić information content (AvgIpc) is 2.36. The standard InChI is InChI=1S/C14H23NO2/c1-2-17-14-8-6-13(7-9-14)12-15-10-4-3-5-11-16/h6-9,15-16H,2-5,10-12H2,1H3. The Balaban J connectivity index is 2.14. The van der Waals surface area contributed by atoms with Crippen LogP contribution in [0.2, 0.25) is 0 Å². The molecule has 0 bridgehead atoms. The summed E-state index contributed by atoms with van der Waals surface area (Å²) in [5.41, 5.74) is 1.27. The van der Waals surface area contributed by atoms with Crippen LogP contribution in [-0.4, -0.2) is 24.9 Å². The molecule has 0 saturated heterocycles. The van der Waals surface area contributed by atoms with Gasteiger partial charge in [0.1, 0.15) is 5.75 Å². The summed E-state index contributed by atoms with van der Waals surface area (Å²) < 4.78 is 5.39. The quantitative estimate of drug-likeness (QED) is 0.648. The van der Waals surface area contributed by atoms with Gasteiger partial charge in [-0.3, -0.25) is 0 Å². The lowest BCUT2D eigenvalue weighted by molar-refractivity contribution is 0.283. The van der Waals surface area contributed by atoms with Crippen molar-refractivity contribution in [3.63, 3.8) is 0 Å². The predicted molar refractivity (Wildman–Crippen MR) is 70.3 cm³/mol. The van der Waals surface area contributed by atoms with Crippen molar-refractivity contribution in [1.82, 2.24) is 5.32 Å². The van der Waals surface area contributed by atoms with Crippen molar-refractivity contribution in [3.05, 3.63) is 29.8 Å². The Labute approximate surface area is 104 Å². The highest BCUT2D eigenvalue weighted by molar-refractivity contribution is 5.27. The zero-order valence-corrected chi connectivity index (χ0v) is 10.6. The number of ether oxygens (including phenoxy) is 1. The number of benzene rings is 1. The van der Waals surface area contributed by atoms with E-state index in [0.717, 1.165) is 38.1 Å². The fourth-order valence-corrected chi connectivity index (χ4v) is 1.64. The summed E-state index contributed by atoms with van der Waals surface area (Å²) in [4.78, 5) is 0. The Morgan fingerprint density at radius 2 is 1.88 bits per heavy atom. The van der Waals surface area contributed by atoms with Crippen LogP contribution in [0.3, 0.4) is 0 Å². The van der Waals surface area contributed by atoms with Crippen LogP contribution in [0.15, 0.2) is 24.3 Å². The second-order valence-electron chi connectivity index (χ2n) is 4.04. The van der Waals surface area contributed by atoms with E-state index >= 15 is 0 Å². The van der Waals surface area contributed by atoms with Gasteiger partial charge >= 0.3 is 0 Å². The first kappa shape index (κ1) is 14.0. The third kappa shape index (κ3) is 6.29. The molecular formula is C14H23NO2. The second kappa shape index (κ2) is 9.02. The van der Waals surface area contributed by atoms with Gasteiger partial charge in [0.05, 0.1) is 6.61 Å². The summed E-state index contributed by atoms with van der Waals surface area (Å²) in [7, 11) is 0. The maximum absolute atomic E-state index is 8.64. The molecule has 0 atom stereocenters. The second-order valence-corrected chi connectivity index (χ2v) is 4.04. The number of nitrogens with one attached hydrogen (secondary N) is 1. The van der Waals surface area contributed by atoms with Gasteiger partial charge in [-0.05, 0) is 50.4 Å². The molecule has 1 aromatic rings. The van der Waals surface area contributed by atoms with E-state index in [1.54, 1.807) is 0 Å². The Kier molecular flexibility index (Phi) is 7.43. The van der Waals surface area contributed by atoms with Crippen LogP contribution in [0.1, 0.15) is 31.7 Å². The van der Waals surface area contributed by atoms with Crippen molar-refractivity contribution in [3.8, 4) is 5.75 Å². The van der Waals surface area contributed by atoms with Crippen LogP contribution in [0.5, 0.6) is 5.75 Å². The molecule has 0 spiro atoms.